The van der Waals surface area contributed by atoms with E-state index in [1.54, 1.807) is 4.68 Å². The van der Waals surface area contributed by atoms with E-state index in [1.165, 1.54) is 11.8 Å². The Morgan fingerprint density at radius 3 is 2.80 bits per heavy atom. The van der Waals surface area contributed by atoms with Crippen LogP contribution in [0.3, 0.4) is 0 Å². The number of aromatic nitrogens is 4. The molecule has 0 aliphatic carbocycles. The molecule has 0 spiro atoms. The molecular weight excluding hydrogens is 360 g/mol. The summed E-state index contributed by atoms with van der Waals surface area (Å²) in [6.07, 6.45) is 0.749. The van der Waals surface area contributed by atoms with Crippen LogP contribution in [0.25, 0.3) is 11.6 Å². The quantitative estimate of drug-likeness (QED) is 0.454. The first kappa shape index (κ1) is 17.8. The fourth-order valence-electron chi connectivity index (χ4n) is 2.37. The van der Waals surface area contributed by atoms with Crippen LogP contribution in [0, 0.1) is 6.92 Å². The Balaban J connectivity index is 1.59. The summed E-state index contributed by atoms with van der Waals surface area (Å²) in [5.41, 5.74) is 2.58. The molecule has 2 heterocycles. The number of aryl methyl sites for hydroxylation is 3. The van der Waals surface area contributed by atoms with E-state index in [9.17, 15) is 0 Å². The molecule has 25 heavy (non-hydrogen) atoms. The van der Waals surface area contributed by atoms with E-state index in [4.69, 9.17) is 20.8 Å². The second-order valence-corrected chi connectivity index (χ2v) is 6.85. The van der Waals surface area contributed by atoms with Gasteiger partial charge in [0.15, 0.2) is 0 Å². The zero-order valence-corrected chi connectivity index (χ0v) is 15.9. The molecule has 0 fully saturated rings. The maximum absolute atomic E-state index is 6.35. The summed E-state index contributed by atoms with van der Waals surface area (Å²) in [5, 5.41) is 13.6. The van der Waals surface area contributed by atoms with Crippen LogP contribution in [-0.2, 0) is 13.5 Å². The summed E-state index contributed by atoms with van der Waals surface area (Å²) in [7, 11) is 1.81. The number of benzene rings is 1. The van der Waals surface area contributed by atoms with E-state index < -0.39 is 0 Å². The molecule has 132 valence electrons. The number of rotatable bonds is 7. The largest absolute Gasteiger partial charge is 0.492 e. The minimum Gasteiger partial charge on any atom is -0.492 e. The van der Waals surface area contributed by atoms with E-state index >= 15 is 0 Å². The molecule has 2 aromatic heterocycles. The molecular formula is C17H19ClN4O2S. The lowest BCUT2D eigenvalue weighted by molar-refractivity contribution is 0.341. The third-order valence-corrected chi connectivity index (χ3v) is 4.84. The molecule has 6 nitrogen and oxygen atoms in total. The number of hydrogen-bond acceptors (Lipinski definition) is 6. The number of nitrogens with zero attached hydrogens (tertiary/aromatic N) is 4. The maximum Gasteiger partial charge on any atom is 0.277 e. The average molecular weight is 379 g/mol. The van der Waals surface area contributed by atoms with Crippen LogP contribution in [-0.4, -0.2) is 32.3 Å². The molecule has 0 aliphatic heterocycles. The van der Waals surface area contributed by atoms with Gasteiger partial charge in [0.05, 0.1) is 17.3 Å². The van der Waals surface area contributed by atoms with E-state index in [2.05, 4.69) is 15.3 Å². The van der Waals surface area contributed by atoms with Gasteiger partial charge in [-0.2, -0.15) is 5.10 Å². The minimum absolute atomic E-state index is 0.377. The molecule has 3 aromatic rings. The molecule has 0 N–H and O–H groups in total. The summed E-state index contributed by atoms with van der Waals surface area (Å²) in [4.78, 5) is 0. The zero-order chi connectivity index (χ0) is 17.8. The zero-order valence-electron chi connectivity index (χ0n) is 14.3. The molecule has 0 radical (unpaired) electrons. The van der Waals surface area contributed by atoms with Gasteiger partial charge >= 0.3 is 0 Å². The highest BCUT2D eigenvalue weighted by Crippen LogP contribution is 2.31. The van der Waals surface area contributed by atoms with Crippen molar-refractivity contribution in [2.75, 3.05) is 12.4 Å². The molecule has 0 bridgehead atoms. The third kappa shape index (κ3) is 3.99. The molecule has 3 rings (SSSR count). The van der Waals surface area contributed by atoms with E-state index in [0.717, 1.165) is 23.4 Å². The minimum atomic E-state index is 0.377. The summed E-state index contributed by atoms with van der Waals surface area (Å²) in [6, 6.07) is 7.93. The Morgan fingerprint density at radius 1 is 1.28 bits per heavy atom. The highest BCUT2D eigenvalue weighted by molar-refractivity contribution is 7.99. The van der Waals surface area contributed by atoms with Crippen molar-refractivity contribution in [2.45, 2.75) is 25.5 Å². The lowest BCUT2D eigenvalue weighted by Crippen LogP contribution is -2.01. The summed E-state index contributed by atoms with van der Waals surface area (Å²) in [6.45, 7) is 4.58. The van der Waals surface area contributed by atoms with Crippen molar-refractivity contribution in [3.05, 3.63) is 40.5 Å². The Hall–Kier alpha value is -1.99. The normalized spacial score (nSPS) is 11.0. The standard InChI is InChI=1S/C17H19ClN4O2S/c1-4-12-14(18)15(22(3)21-12)16-19-20-17(24-16)25-10-9-23-13-8-6-5-7-11(13)2/h5-8H,4,9-10H2,1-3H3. The van der Waals surface area contributed by atoms with Crippen LogP contribution in [0.2, 0.25) is 5.02 Å². The van der Waals surface area contributed by atoms with Crippen LogP contribution < -0.4 is 4.74 Å². The molecule has 0 amide bonds. The van der Waals surface area contributed by atoms with Gasteiger partial charge in [0.1, 0.15) is 11.4 Å². The first-order valence-corrected chi connectivity index (χ1v) is 9.33. The lowest BCUT2D eigenvalue weighted by atomic mass is 10.2. The number of ether oxygens (including phenoxy) is 1. The van der Waals surface area contributed by atoms with Crippen LogP contribution in [0.15, 0.2) is 33.9 Å². The monoisotopic (exact) mass is 378 g/mol. The second-order valence-electron chi connectivity index (χ2n) is 5.42. The van der Waals surface area contributed by atoms with Crippen LogP contribution >= 0.6 is 23.4 Å². The predicted molar refractivity (Wildman–Crippen MR) is 98.3 cm³/mol. The van der Waals surface area contributed by atoms with Crippen LogP contribution in [0.5, 0.6) is 5.75 Å². The predicted octanol–water partition coefficient (Wildman–Crippen LogP) is 4.17. The summed E-state index contributed by atoms with van der Waals surface area (Å²) >= 11 is 7.79. The van der Waals surface area contributed by atoms with Crippen molar-refractivity contribution in [1.29, 1.82) is 0 Å². The fraction of sp³-hybridized carbons (Fsp3) is 0.353. The van der Waals surface area contributed by atoms with Crippen molar-refractivity contribution >= 4 is 23.4 Å². The number of thioether (sulfide) groups is 1. The van der Waals surface area contributed by atoms with E-state index in [1.807, 2.05) is 45.2 Å². The van der Waals surface area contributed by atoms with Crippen LogP contribution in [0.1, 0.15) is 18.2 Å². The molecule has 8 heteroatoms. The molecule has 0 atom stereocenters. The van der Waals surface area contributed by atoms with Gasteiger partial charge in [-0.05, 0) is 25.0 Å². The van der Waals surface area contributed by atoms with Gasteiger partial charge in [-0.3, -0.25) is 4.68 Å². The van der Waals surface area contributed by atoms with Gasteiger partial charge in [-0.1, -0.05) is 48.5 Å². The van der Waals surface area contributed by atoms with Crippen molar-refractivity contribution in [3.8, 4) is 17.3 Å². The van der Waals surface area contributed by atoms with Crippen molar-refractivity contribution in [1.82, 2.24) is 20.0 Å². The summed E-state index contributed by atoms with van der Waals surface area (Å²) in [5.74, 6) is 1.97. The highest BCUT2D eigenvalue weighted by atomic mass is 35.5. The topological polar surface area (TPSA) is 66.0 Å². The van der Waals surface area contributed by atoms with Gasteiger partial charge in [0.2, 0.25) is 0 Å². The maximum atomic E-state index is 6.35. The lowest BCUT2D eigenvalue weighted by Gasteiger charge is -2.07. The molecule has 1 aromatic carbocycles. The third-order valence-electron chi connectivity index (χ3n) is 3.66. The Morgan fingerprint density at radius 2 is 2.08 bits per heavy atom. The average Bonchev–Trinajstić information content (AvgIpc) is 3.17. The fourth-order valence-corrected chi connectivity index (χ4v) is 3.33. The van der Waals surface area contributed by atoms with E-state index in [-0.39, 0.29) is 0 Å². The Kier molecular flexibility index (Phi) is 5.65. The molecule has 0 unspecified atom stereocenters. The van der Waals surface area contributed by atoms with E-state index in [0.29, 0.717) is 34.2 Å². The number of halogens is 1. The molecule has 0 aliphatic rings. The van der Waals surface area contributed by atoms with Gasteiger partial charge in [0.25, 0.3) is 11.1 Å². The Bertz CT molecular complexity index is 862. The SMILES string of the molecule is CCc1nn(C)c(-c2nnc(SCCOc3ccccc3C)o2)c1Cl. The molecule has 0 saturated carbocycles. The van der Waals surface area contributed by atoms with Crippen LogP contribution in [0.4, 0.5) is 0 Å². The van der Waals surface area contributed by atoms with Crippen molar-refractivity contribution in [3.63, 3.8) is 0 Å². The summed E-state index contributed by atoms with van der Waals surface area (Å²) < 4.78 is 13.1. The van der Waals surface area contributed by atoms with Gasteiger partial charge < -0.3 is 9.15 Å². The van der Waals surface area contributed by atoms with Crippen molar-refractivity contribution < 1.29 is 9.15 Å². The number of para-hydroxylation sites is 1. The number of hydrogen-bond donors (Lipinski definition) is 0. The smallest absolute Gasteiger partial charge is 0.277 e. The van der Waals surface area contributed by atoms with Gasteiger partial charge in [-0.25, -0.2) is 0 Å². The molecule has 0 saturated heterocycles. The highest BCUT2D eigenvalue weighted by Gasteiger charge is 2.20. The Labute approximate surface area is 155 Å². The van der Waals surface area contributed by atoms with Gasteiger partial charge in [-0.15, -0.1) is 10.2 Å². The first-order chi connectivity index (χ1) is 12.1. The van der Waals surface area contributed by atoms with Gasteiger partial charge in [0, 0.05) is 12.8 Å². The second kappa shape index (κ2) is 7.93. The first-order valence-electron chi connectivity index (χ1n) is 7.96. The van der Waals surface area contributed by atoms with Crippen molar-refractivity contribution in [2.24, 2.45) is 7.05 Å².